The second kappa shape index (κ2) is 6.75. The summed E-state index contributed by atoms with van der Waals surface area (Å²) >= 11 is 1.47. The van der Waals surface area contributed by atoms with Crippen LogP contribution in [0.15, 0.2) is 14.7 Å². The van der Waals surface area contributed by atoms with E-state index in [1.807, 2.05) is 0 Å². The Balaban J connectivity index is 2.75. The van der Waals surface area contributed by atoms with Crippen LogP contribution in [0.5, 0.6) is 0 Å². The second-order valence-corrected chi connectivity index (χ2v) is 5.61. The lowest BCUT2D eigenvalue weighted by molar-refractivity contribution is 0.537. The van der Waals surface area contributed by atoms with Crippen molar-refractivity contribution in [1.82, 2.24) is 20.1 Å². The molecule has 6 nitrogen and oxygen atoms in total. The predicted molar refractivity (Wildman–Crippen MR) is 73.2 cm³/mol. The van der Waals surface area contributed by atoms with E-state index < -0.39 is 11.1 Å². The summed E-state index contributed by atoms with van der Waals surface area (Å²) in [5.41, 5.74) is -1.43. The van der Waals surface area contributed by atoms with Crippen molar-refractivity contribution in [3.63, 3.8) is 0 Å². The molecule has 0 fully saturated rings. The van der Waals surface area contributed by atoms with Gasteiger partial charge in [-0.25, -0.2) is 0 Å². The Morgan fingerprint density at radius 3 is 2.72 bits per heavy atom. The molecule has 1 heterocycles. The molecule has 0 bridgehead atoms. The molecular weight excluding hydrogens is 252 g/mol. The van der Waals surface area contributed by atoms with Crippen molar-refractivity contribution in [3.05, 3.63) is 20.7 Å². The normalized spacial score (nSPS) is 14.4. The number of hydrogen-bond acceptors (Lipinski definition) is 5. The van der Waals surface area contributed by atoms with E-state index in [4.69, 9.17) is 0 Å². The Kier molecular flexibility index (Phi) is 5.61. The summed E-state index contributed by atoms with van der Waals surface area (Å²) in [6, 6.07) is 0.304. The van der Waals surface area contributed by atoms with Crippen molar-refractivity contribution in [1.29, 1.82) is 0 Å². The lowest BCUT2D eigenvalue weighted by Gasteiger charge is -2.20. The first-order chi connectivity index (χ1) is 8.45. The average molecular weight is 272 g/mol. The first kappa shape index (κ1) is 15.0. The van der Waals surface area contributed by atoms with E-state index in [0.29, 0.717) is 11.2 Å². The molecule has 1 aromatic heterocycles. The molecular formula is C11H20N4O2S. The van der Waals surface area contributed by atoms with Crippen LogP contribution in [0.2, 0.25) is 0 Å². The van der Waals surface area contributed by atoms with E-state index in [1.165, 1.54) is 16.4 Å². The standard InChI is InChI=1S/C11H20N4O2S/c1-5-6-12-7(2)8(3)18-11-13-9(16)10(17)14-15(11)4/h7-8,12H,5-6H2,1-4H3,(H,14,17). The SMILES string of the molecule is CCCNC(C)C(C)Sc1nc(=O)c(=O)[nH]n1C. The number of hydrogen-bond donors (Lipinski definition) is 2. The predicted octanol–water partition coefficient (Wildman–Crippen LogP) is 0.337. The summed E-state index contributed by atoms with van der Waals surface area (Å²) < 4.78 is 1.48. The minimum absolute atomic E-state index is 0.251. The van der Waals surface area contributed by atoms with Gasteiger partial charge in [0, 0.05) is 18.3 Å². The molecule has 0 aliphatic heterocycles. The molecule has 0 aliphatic rings. The summed E-state index contributed by atoms with van der Waals surface area (Å²) in [6.07, 6.45) is 1.08. The molecule has 0 saturated carbocycles. The van der Waals surface area contributed by atoms with Crippen molar-refractivity contribution < 1.29 is 0 Å². The Morgan fingerprint density at radius 2 is 2.11 bits per heavy atom. The van der Waals surface area contributed by atoms with E-state index in [-0.39, 0.29) is 5.25 Å². The summed E-state index contributed by atoms with van der Waals surface area (Å²) in [7, 11) is 1.67. The number of nitrogens with one attached hydrogen (secondary N) is 2. The zero-order chi connectivity index (χ0) is 13.7. The van der Waals surface area contributed by atoms with Gasteiger partial charge in [-0.15, -0.1) is 0 Å². The summed E-state index contributed by atoms with van der Waals surface area (Å²) in [5, 5.41) is 6.60. The Bertz CT molecular complexity index is 497. The number of aromatic amines is 1. The van der Waals surface area contributed by atoms with Crippen molar-refractivity contribution in [2.24, 2.45) is 7.05 Å². The fourth-order valence-corrected chi connectivity index (χ4v) is 2.34. The highest BCUT2D eigenvalue weighted by atomic mass is 32.2. The van der Waals surface area contributed by atoms with Gasteiger partial charge in [0.2, 0.25) is 0 Å². The highest BCUT2D eigenvalue weighted by molar-refractivity contribution is 7.99. The topological polar surface area (TPSA) is 79.8 Å². The lowest BCUT2D eigenvalue weighted by Crippen LogP contribution is -2.37. The number of aryl methyl sites for hydroxylation is 1. The van der Waals surface area contributed by atoms with Crippen molar-refractivity contribution in [2.45, 2.75) is 43.6 Å². The summed E-state index contributed by atoms with van der Waals surface area (Å²) in [4.78, 5) is 26.1. The van der Waals surface area contributed by atoms with Gasteiger partial charge in [-0.2, -0.15) is 4.98 Å². The molecule has 0 amide bonds. The molecule has 102 valence electrons. The molecule has 2 unspecified atom stereocenters. The monoisotopic (exact) mass is 272 g/mol. The highest BCUT2D eigenvalue weighted by Crippen LogP contribution is 2.21. The number of H-pyrrole nitrogens is 1. The molecule has 0 spiro atoms. The smallest absolute Gasteiger partial charge is 0.313 e. The van der Waals surface area contributed by atoms with Gasteiger partial charge in [0.25, 0.3) is 0 Å². The van der Waals surface area contributed by atoms with E-state index in [1.54, 1.807) is 7.05 Å². The van der Waals surface area contributed by atoms with Gasteiger partial charge in [-0.05, 0) is 19.9 Å². The zero-order valence-corrected chi connectivity index (χ0v) is 12.0. The van der Waals surface area contributed by atoms with Gasteiger partial charge >= 0.3 is 11.1 Å². The maximum atomic E-state index is 11.2. The van der Waals surface area contributed by atoms with Gasteiger partial charge < -0.3 is 5.32 Å². The fraction of sp³-hybridized carbons (Fsp3) is 0.727. The third-order valence-electron chi connectivity index (χ3n) is 2.66. The third kappa shape index (κ3) is 3.99. The van der Waals surface area contributed by atoms with Gasteiger partial charge in [-0.1, -0.05) is 25.6 Å². The quantitative estimate of drug-likeness (QED) is 0.576. The average Bonchev–Trinajstić information content (AvgIpc) is 2.32. The number of rotatable bonds is 6. The molecule has 18 heavy (non-hydrogen) atoms. The molecule has 0 aromatic carbocycles. The van der Waals surface area contributed by atoms with Crippen LogP contribution in [-0.4, -0.2) is 32.6 Å². The van der Waals surface area contributed by atoms with Crippen molar-refractivity contribution in [3.8, 4) is 0 Å². The molecule has 0 radical (unpaired) electrons. The van der Waals surface area contributed by atoms with Crippen LogP contribution in [0.1, 0.15) is 27.2 Å². The Labute approximate surface area is 110 Å². The van der Waals surface area contributed by atoms with Crippen LogP contribution in [0, 0.1) is 0 Å². The van der Waals surface area contributed by atoms with Gasteiger partial charge in [0.1, 0.15) is 0 Å². The van der Waals surface area contributed by atoms with Crippen molar-refractivity contribution in [2.75, 3.05) is 6.54 Å². The number of aromatic nitrogens is 3. The van der Waals surface area contributed by atoms with E-state index in [0.717, 1.165) is 13.0 Å². The minimum Gasteiger partial charge on any atom is -0.313 e. The molecule has 1 rings (SSSR count). The van der Waals surface area contributed by atoms with Gasteiger partial charge in [-0.3, -0.25) is 19.4 Å². The molecule has 0 aliphatic carbocycles. The molecule has 0 saturated heterocycles. The van der Waals surface area contributed by atoms with Crippen LogP contribution in [-0.2, 0) is 7.05 Å². The van der Waals surface area contributed by atoms with E-state index >= 15 is 0 Å². The Morgan fingerprint density at radius 1 is 1.44 bits per heavy atom. The molecule has 7 heteroatoms. The minimum atomic E-state index is -0.739. The first-order valence-electron chi connectivity index (χ1n) is 6.03. The maximum Gasteiger partial charge on any atom is 0.339 e. The lowest BCUT2D eigenvalue weighted by atomic mass is 10.2. The largest absolute Gasteiger partial charge is 0.339 e. The van der Waals surface area contributed by atoms with Crippen LogP contribution in [0.25, 0.3) is 0 Å². The number of nitrogens with zero attached hydrogens (tertiary/aromatic N) is 2. The summed E-state index contributed by atoms with van der Waals surface area (Å²) in [5.74, 6) is 0. The Hall–Kier alpha value is -1.08. The van der Waals surface area contributed by atoms with Gasteiger partial charge in [0.15, 0.2) is 5.16 Å². The van der Waals surface area contributed by atoms with Gasteiger partial charge in [0.05, 0.1) is 0 Å². The van der Waals surface area contributed by atoms with Crippen LogP contribution < -0.4 is 16.4 Å². The summed E-state index contributed by atoms with van der Waals surface area (Å²) in [6.45, 7) is 7.24. The second-order valence-electron chi connectivity index (χ2n) is 4.27. The van der Waals surface area contributed by atoms with Crippen LogP contribution in [0.3, 0.4) is 0 Å². The van der Waals surface area contributed by atoms with E-state index in [2.05, 4.69) is 36.2 Å². The fourth-order valence-electron chi connectivity index (χ4n) is 1.37. The van der Waals surface area contributed by atoms with E-state index in [9.17, 15) is 9.59 Å². The molecule has 1 aromatic rings. The number of thioether (sulfide) groups is 1. The third-order valence-corrected chi connectivity index (χ3v) is 4.02. The maximum absolute atomic E-state index is 11.2. The zero-order valence-electron chi connectivity index (χ0n) is 11.2. The first-order valence-corrected chi connectivity index (χ1v) is 6.91. The molecule has 2 atom stereocenters. The van der Waals surface area contributed by atoms with Crippen LogP contribution >= 0.6 is 11.8 Å². The van der Waals surface area contributed by atoms with Crippen molar-refractivity contribution >= 4 is 11.8 Å². The highest BCUT2D eigenvalue weighted by Gasteiger charge is 2.15. The van der Waals surface area contributed by atoms with Crippen LogP contribution in [0.4, 0.5) is 0 Å². The molecule has 2 N–H and O–H groups in total.